The van der Waals surface area contributed by atoms with Crippen LogP contribution < -0.4 is 5.32 Å². The minimum absolute atomic E-state index is 0.0955. The Morgan fingerprint density at radius 2 is 2.11 bits per heavy atom. The van der Waals surface area contributed by atoms with E-state index in [9.17, 15) is 4.79 Å². The molecule has 1 unspecified atom stereocenters. The Bertz CT molecular complexity index is 456. The quantitative estimate of drug-likeness (QED) is 0.806. The van der Waals surface area contributed by atoms with Gasteiger partial charge in [-0.1, -0.05) is 44.9 Å². The Morgan fingerprint density at radius 1 is 1.37 bits per heavy atom. The van der Waals surface area contributed by atoms with E-state index in [2.05, 4.69) is 19.2 Å². The van der Waals surface area contributed by atoms with Crippen LogP contribution in [0.1, 0.15) is 45.1 Å². The van der Waals surface area contributed by atoms with Crippen molar-refractivity contribution in [2.75, 3.05) is 5.32 Å². The number of benzene rings is 1. The van der Waals surface area contributed by atoms with Crippen molar-refractivity contribution in [1.29, 1.82) is 0 Å². The van der Waals surface area contributed by atoms with Gasteiger partial charge in [0, 0.05) is 17.5 Å². The number of para-hydroxylation sites is 1. The lowest BCUT2D eigenvalue weighted by molar-refractivity contribution is -0.124. The van der Waals surface area contributed by atoms with Crippen LogP contribution in [0, 0.1) is 11.3 Å². The van der Waals surface area contributed by atoms with E-state index < -0.39 is 0 Å². The number of hydrogen-bond acceptors (Lipinski definition) is 1. The molecule has 0 saturated heterocycles. The maximum absolute atomic E-state index is 12.5. The van der Waals surface area contributed by atoms with Crippen LogP contribution in [0.25, 0.3) is 0 Å². The fourth-order valence-electron chi connectivity index (χ4n) is 2.96. The summed E-state index contributed by atoms with van der Waals surface area (Å²) < 4.78 is 0. The number of amides is 1. The molecule has 0 heterocycles. The van der Waals surface area contributed by atoms with Gasteiger partial charge in [-0.05, 0) is 29.9 Å². The molecule has 104 valence electrons. The van der Waals surface area contributed by atoms with Crippen LogP contribution in [0.4, 0.5) is 5.69 Å². The van der Waals surface area contributed by atoms with Gasteiger partial charge < -0.3 is 5.32 Å². The Balaban J connectivity index is 2.12. The lowest BCUT2D eigenvalue weighted by Gasteiger charge is -2.37. The summed E-state index contributed by atoms with van der Waals surface area (Å²) >= 11 is 5.91. The van der Waals surface area contributed by atoms with E-state index in [4.69, 9.17) is 11.6 Å². The Hall–Kier alpha value is -1.02. The normalized spacial score (nSPS) is 21.9. The molecule has 2 rings (SSSR count). The summed E-state index contributed by atoms with van der Waals surface area (Å²) in [7, 11) is 0. The highest BCUT2D eigenvalue weighted by atomic mass is 35.5. The Morgan fingerprint density at radius 3 is 2.79 bits per heavy atom. The van der Waals surface area contributed by atoms with Gasteiger partial charge in [0.2, 0.25) is 5.91 Å². The second kappa shape index (κ2) is 5.96. The first-order chi connectivity index (χ1) is 9.04. The zero-order chi connectivity index (χ0) is 13.9. The third-order valence-electron chi connectivity index (χ3n) is 4.24. The van der Waals surface area contributed by atoms with Crippen LogP contribution in [0.2, 0.25) is 0 Å². The van der Waals surface area contributed by atoms with Crippen LogP contribution in [-0.4, -0.2) is 5.91 Å². The van der Waals surface area contributed by atoms with E-state index in [0.717, 1.165) is 30.5 Å². The van der Waals surface area contributed by atoms with E-state index in [1.54, 1.807) is 0 Å². The van der Waals surface area contributed by atoms with Gasteiger partial charge in [0.05, 0.1) is 0 Å². The number of hydrogen-bond donors (Lipinski definition) is 1. The average Bonchev–Trinajstić information content (AvgIpc) is 2.38. The first-order valence-corrected chi connectivity index (χ1v) is 7.53. The summed E-state index contributed by atoms with van der Waals surface area (Å²) in [5.74, 6) is 0.664. The average molecular weight is 280 g/mol. The Kier molecular flexibility index (Phi) is 4.51. The lowest BCUT2D eigenvalue weighted by Crippen LogP contribution is -2.37. The van der Waals surface area contributed by atoms with Gasteiger partial charge in [-0.25, -0.2) is 0 Å². The van der Waals surface area contributed by atoms with E-state index in [1.807, 2.05) is 24.3 Å². The van der Waals surface area contributed by atoms with Gasteiger partial charge in [-0.2, -0.15) is 0 Å². The van der Waals surface area contributed by atoms with E-state index in [-0.39, 0.29) is 17.2 Å². The van der Waals surface area contributed by atoms with Gasteiger partial charge in [0.25, 0.3) is 0 Å². The maximum atomic E-state index is 12.5. The standard InChI is InChI=1S/C16H22ClNO/c1-16(2)10-6-5-8-13(16)15(19)18-14-9-4-3-7-12(14)11-17/h3-4,7,9,13H,5-6,8,10-11H2,1-2H3,(H,18,19). The van der Waals surface area contributed by atoms with Gasteiger partial charge in [0.1, 0.15) is 0 Å². The maximum Gasteiger partial charge on any atom is 0.228 e. The molecule has 1 amide bonds. The molecule has 1 atom stereocenters. The highest BCUT2D eigenvalue weighted by molar-refractivity contribution is 6.17. The first-order valence-electron chi connectivity index (χ1n) is 6.99. The molecular weight excluding hydrogens is 258 g/mol. The third-order valence-corrected chi connectivity index (χ3v) is 4.53. The van der Waals surface area contributed by atoms with Crippen LogP contribution >= 0.6 is 11.6 Å². The topological polar surface area (TPSA) is 29.1 Å². The molecule has 1 aliphatic rings. The van der Waals surface area contributed by atoms with Crippen LogP contribution in [0.5, 0.6) is 0 Å². The zero-order valence-electron chi connectivity index (χ0n) is 11.7. The minimum atomic E-state index is 0.0955. The molecule has 2 nitrogen and oxygen atoms in total. The highest BCUT2D eigenvalue weighted by Gasteiger charge is 2.37. The van der Waals surface area contributed by atoms with Crippen LogP contribution in [0.3, 0.4) is 0 Å². The smallest absolute Gasteiger partial charge is 0.228 e. The molecule has 0 bridgehead atoms. The summed E-state index contributed by atoms with van der Waals surface area (Å²) in [4.78, 5) is 12.5. The predicted octanol–water partition coefficient (Wildman–Crippen LogP) is 4.58. The van der Waals surface area contributed by atoms with Crippen molar-refractivity contribution in [2.24, 2.45) is 11.3 Å². The molecular formula is C16H22ClNO. The van der Waals surface area contributed by atoms with E-state index >= 15 is 0 Å². The lowest BCUT2D eigenvalue weighted by atomic mass is 9.68. The van der Waals surface area contributed by atoms with Crippen molar-refractivity contribution < 1.29 is 4.79 Å². The third kappa shape index (κ3) is 3.30. The second-order valence-electron chi connectivity index (χ2n) is 6.07. The van der Waals surface area contributed by atoms with Gasteiger partial charge in [-0.3, -0.25) is 4.79 Å². The molecule has 1 aromatic carbocycles. The van der Waals surface area contributed by atoms with Crippen LogP contribution in [-0.2, 0) is 10.7 Å². The number of anilines is 1. The summed E-state index contributed by atoms with van der Waals surface area (Å²) in [6.07, 6.45) is 4.50. The number of carbonyl (C=O) groups excluding carboxylic acids is 1. The number of nitrogens with one attached hydrogen (secondary N) is 1. The van der Waals surface area contributed by atoms with Crippen molar-refractivity contribution in [1.82, 2.24) is 0 Å². The molecule has 0 aliphatic heterocycles. The molecule has 19 heavy (non-hydrogen) atoms. The molecule has 1 N–H and O–H groups in total. The highest BCUT2D eigenvalue weighted by Crippen LogP contribution is 2.41. The summed E-state index contributed by atoms with van der Waals surface area (Å²) in [6.45, 7) is 4.40. The van der Waals surface area contributed by atoms with Crippen molar-refractivity contribution in [3.63, 3.8) is 0 Å². The summed E-state index contributed by atoms with van der Waals surface area (Å²) in [5.41, 5.74) is 1.92. The summed E-state index contributed by atoms with van der Waals surface area (Å²) in [5, 5.41) is 3.06. The molecule has 0 radical (unpaired) electrons. The minimum Gasteiger partial charge on any atom is -0.326 e. The monoisotopic (exact) mass is 279 g/mol. The molecule has 1 aliphatic carbocycles. The molecule has 0 spiro atoms. The van der Waals surface area contributed by atoms with Gasteiger partial charge >= 0.3 is 0 Å². The van der Waals surface area contributed by atoms with Crippen molar-refractivity contribution >= 4 is 23.2 Å². The largest absolute Gasteiger partial charge is 0.326 e. The number of carbonyl (C=O) groups is 1. The number of alkyl halides is 1. The number of halogens is 1. The number of rotatable bonds is 3. The van der Waals surface area contributed by atoms with Gasteiger partial charge in [-0.15, -0.1) is 11.6 Å². The molecule has 1 saturated carbocycles. The molecule has 0 aromatic heterocycles. The van der Waals surface area contributed by atoms with E-state index in [0.29, 0.717) is 5.88 Å². The molecule has 1 fully saturated rings. The SMILES string of the molecule is CC1(C)CCCCC1C(=O)Nc1ccccc1CCl. The van der Waals surface area contributed by atoms with Crippen molar-refractivity contribution in [3.8, 4) is 0 Å². The van der Waals surface area contributed by atoms with Crippen molar-refractivity contribution in [2.45, 2.75) is 45.4 Å². The fraction of sp³-hybridized carbons (Fsp3) is 0.562. The van der Waals surface area contributed by atoms with E-state index in [1.165, 1.54) is 6.42 Å². The summed E-state index contributed by atoms with van der Waals surface area (Å²) in [6, 6.07) is 7.75. The zero-order valence-corrected chi connectivity index (χ0v) is 12.5. The van der Waals surface area contributed by atoms with Crippen LogP contribution in [0.15, 0.2) is 24.3 Å². The first kappa shape index (κ1) is 14.4. The van der Waals surface area contributed by atoms with Crippen molar-refractivity contribution in [3.05, 3.63) is 29.8 Å². The molecule has 3 heteroatoms. The molecule has 1 aromatic rings. The predicted molar refractivity (Wildman–Crippen MR) is 80.4 cm³/mol. The van der Waals surface area contributed by atoms with Gasteiger partial charge in [0.15, 0.2) is 0 Å². The fourth-order valence-corrected chi connectivity index (χ4v) is 3.19. The Labute approximate surface area is 120 Å². The second-order valence-corrected chi connectivity index (χ2v) is 6.33.